The van der Waals surface area contributed by atoms with E-state index in [-0.39, 0.29) is 45.9 Å². The predicted molar refractivity (Wildman–Crippen MR) is 263 cm³/mol. The monoisotopic (exact) mass is 980 g/mol. The standard InChI is InChI=1S/C18H10F2N4O2.C18H14FN3O2.C18H15N3O2/c19-12-4-13(6-14(5-12)26-15-8-22-10-23-9-15)24-18(25)16-3-11(7-21)1-2-17(16)20;1-12-3-2-4-13(5-12)18(23)22-15-6-14(19)7-16(8-15)24-17-9-20-11-21-10-17;1-13-4-2-5-14(8-13)18(22)21-15-6-3-7-16(9-15)23-17-10-19-12-20-11-17/h1-6,8-10H,(H,24,25);2-11H,1H3,(H,22,23);2-12H,1H3,(H,21,22). The van der Waals surface area contributed by atoms with E-state index in [9.17, 15) is 27.6 Å². The fraction of sp³-hybridized carbons (Fsp3) is 0.0370. The van der Waals surface area contributed by atoms with Crippen LogP contribution in [-0.2, 0) is 0 Å². The Hall–Kier alpha value is -10.4. The van der Waals surface area contributed by atoms with E-state index in [1.165, 1.54) is 74.1 Å². The van der Waals surface area contributed by atoms with Crippen molar-refractivity contribution in [2.75, 3.05) is 16.0 Å². The van der Waals surface area contributed by atoms with E-state index in [1.54, 1.807) is 48.8 Å². The summed E-state index contributed by atoms with van der Waals surface area (Å²) in [5.74, 6) is -1.16. The number of hydrogen-bond donors (Lipinski definition) is 3. The summed E-state index contributed by atoms with van der Waals surface area (Å²) in [5, 5.41) is 16.8. The number of nitriles is 1. The second-order valence-electron chi connectivity index (χ2n) is 15.3. The van der Waals surface area contributed by atoms with Crippen LogP contribution in [0.25, 0.3) is 0 Å². The van der Waals surface area contributed by atoms with Gasteiger partial charge in [-0.05, 0) is 80.6 Å². The van der Waals surface area contributed by atoms with Crippen molar-refractivity contribution in [3.05, 3.63) is 234 Å². The number of carbonyl (C=O) groups excluding carboxylic acids is 3. The molecule has 9 rings (SSSR count). The number of nitrogens with one attached hydrogen (secondary N) is 3. The number of aromatic nitrogens is 6. The van der Waals surface area contributed by atoms with Crippen molar-refractivity contribution in [3.8, 4) is 40.6 Å². The topological polar surface area (TPSA) is 216 Å². The Bertz CT molecular complexity index is 3410. The first-order valence-corrected chi connectivity index (χ1v) is 21.6. The number of anilines is 3. The van der Waals surface area contributed by atoms with Crippen molar-refractivity contribution in [2.45, 2.75) is 13.8 Å². The first kappa shape index (κ1) is 50.5. The van der Waals surface area contributed by atoms with Crippen LogP contribution in [0.15, 0.2) is 184 Å². The Balaban J connectivity index is 0.000000161. The highest BCUT2D eigenvalue weighted by atomic mass is 19.1. The fourth-order valence-electron chi connectivity index (χ4n) is 6.39. The predicted octanol–water partition coefficient (Wildman–Crippen LogP) is 11.5. The van der Waals surface area contributed by atoms with E-state index in [2.05, 4.69) is 45.9 Å². The van der Waals surface area contributed by atoms with Crippen LogP contribution in [0.4, 0.5) is 30.2 Å². The maximum atomic E-state index is 13.8. The summed E-state index contributed by atoms with van der Waals surface area (Å²) in [6.45, 7) is 3.85. The lowest BCUT2D eigenvalue weighted by Gasteiger charge is -2.10. The Morgan fingerprint density at radius 1 is 0.452 bits per heavy atom. The second-order valence-corrected chi connectivity index (χ2v) is 15.3. The number of ether oxygens (including phenoxy) is 3. The van der Waals surface area contributed by atoms with Gasteiger partial charge >= 0.3 is 0 Å². The Morgan fingerprint density at radius 3 is 1.34 bits per heavy atom. The molecule has 6 aromatic carbocycles. The summed E-state index contributed by atoms with van der Waals surface area (Å²) in [6, 6.07) is 34.4. The largest absolute Gasteiger partial charge is 0.454 e. The van der Waals surface area contributed by atoms with Crippen LogP contribution in [0.3, 0.4) is 0 Å². The maximum absolute atomic E-state index is 13.8. The number of amides is 3. The van der Waals surface area contributed by atoms with Crippen LogP contribution >= 0.6 is 0 Å². The van der Waals surface area contributed by atoms with Crippen molar-refractivity contribution in [1.29, 1.82) is 5.26 Å². The van der Waals surface area contributed by atoms with E-state index in [4.69, 9.17) is 19.5 Å². The van der Waals surface area contributed by atoms with E-state index in [1.807, 2.05) is 56.3 Å². The van der Waals surface area contributed by atoms with Gasteiger partial charge in [0.2, 0.25) is 0 Å². The molecule has 3 amide bonds. The molecular formula is C54H39F3N10O6. The molecule has 0 radical (unpaired) electrons. The Morgan fingerprint density at radius 2 is 0.877 bits per heavy atom. The highest BCUT2D eigenvalue weighted by Gasteiger charge is 2.15. The van der Waals surface area contributed by atoms with Gasteiger partial charge in [0.25, 0.3) is 17.7 Å². The molecular weight excluding hydrogens is 942 g/mol. The van der Waals surface area contributed by atoms with Gasteiger partial charge in [-0.25, -0.2) is 43.1 Å². The molecule has 0 bridgehead atoms. The highest BCUT2D eigenvalue weighted by Crippen LogP contribution is 2.28. The smallest absolute Gasteiger partial charge is 0.258 e. The summed E-state index contributed by atoms with van der Waals surface area (Å²) in [6.07, 6.45) is 13.0. The molecule has 73 heavy (non-hydrogen) atoms. The molecule has 16 nitrogen and oxygen atoms in total. The van der Waals surface area contributed by atoms with Gasteiger partial charge in [-0.1, -0.05) is 41.5 Å². The molecule has 0 unspecified atom stereocenters. The van der Waals surface area contributed by atoms with Gasteiger partial charge in [-0.15, -0.1) is 0 Å². The van der Waals surface area contributed by atoms with Crippen molar-refractivity contribution >= 4 is 34.8 Å². The van der Waals surface area contributed by atoms with Crippen LogP contribution in [0.1, 0.15) is 47.8 Å². The van der Waals surface area contributed by atoms with Crippen LogP contribution in [0, 0.1) is 42.6 Å². The average Bonchev–Trinajstić information content (AvgIpc) is 3.37. The molecule has 3 heterocycles. The Labute approximate surface area is 415 Å². The number of hydrogen-bond acceptors (Lipinski definition) is 13. The van der Waals surface area contributed by atoms with Crippen molar-refractivity contribution in [3.63, 3.8) is 0 Å². The zero-order valence-corrected chi connectivity index (χ0v) is 38.5. The third kappa shape index (κ3) is 15.6. The number of rotatable bonds is 12. The van der Waals surface area contributed by atoms with Gasteiger partial charge in [0.15, 0.2) is 17.2 Å². The number of aryl methyl sites for hydroxylation is 2. The van der Waals surface area contributed by atoms with Gasteiger partial charge in [-0.2, -0.15) is 5.26 Å². The third-order valence-corrected chi connectivity index (χ3v) is 9.57. The Kier molecular flexibility index (Phi) is 17.2. The van der Waals surface area contributed by atoms with Crippen molar-refractivity contribution in [1.82, 2.24) is 29.9 Å². The SMILES string of the molecule is Cc1cccc(C(=O)Nc2cc(F)cc(Oc3cncnc3)c2)c1.Cc1cccc(C(=O)Nc2cccc(Oc3cncnc3)c2)c1.N#Cc1ccc(F)c(C(=O)Nc2cc(F)cc(Oc3cncnc3)c2)c1. The minimum atomic E-state index is -0.820. The lowest BCUT2D eigenvalue weighted by molar-refractivity contribution is 0.101. The maximum Gasteiger partial charge on any atom is 0.258 e. The number of benzene rings is 6. The van der Waals surface area contributed by atoms with E-state index < -0.39 is 23.4 Å². The van der Waals surface area contributed by atoms with Gasteiger partial charge in [0.05, 0.1) is 54.4 Å². The third-order valence-electron chi connectivity index (χ3n) is 9.57. The number of nitrogens with zero attached hydrogens (tertiary/aromatic N) is 7. The van der Waals surface area contributed by atoms with Crippen LogP contribution < -0.4 is 30.2 Å². The second kappa shape index (κ2) is 24.8. The minimum Gasteiger partial charge on any atom is -0.454 e. The molecule has 0 aliphatic carbocycles. The summed E-state index contributed by atoms with van der Waals surface area (Å²) in [7, 11) is 0. The zero-order chi connectivity index (χ0) is 51.5. The molecule has 9 aromatic rings. The van der Waals surface area contributed by atoms with Crippen molar-refractivity contribution < 1.29 is 41.8 Å². The van der Waals surface area contributed by atoms with Crippen molar-refractivity contribution in [2.24, 2.45) is 0 Å². The van der Waals surface area contributed by atoms with Crippen LogP contribution in [0.5, 0.6) is 34.5 Å². The first-order chi connectivity index (χ1) is 35.3. The molecule has 0 saturated heterocycles. The van der Waals surface area contributed by atoms with Gasteiger partial charge in [0, 0.05) is 58.5 Å². The molecule has 3 aromatic heterocycles. The average molecular weight is 981 g/mol. The van der Waals surface area contributed by atoms with E-state index in [0.717, 1.165) is 35.4 Å². The molecule has 19 heteroatoms. The molecule has 0 atom stereocenters. The summed E-state index contributed by atoms with van der Waals surface area (Å²) < 4.78 is 58.0. The fourth-order valence-corrected chi connectivity index (χ4v) is 6.39. The summed E-state index contributed by atoms with van der Waals surface area (Å²) in [4.78, 5) is 59.7. The lowest BCUT2D eigenvalue weighted by Crippen LogP contribution is -2.14. The molecule has 0 aliphatic heterocycles. The quantitative estimate of drug-likeness (QED) is 0.104. The molecule has 3 N–H and O–H groups in total. The molecule has 0 fully saturated rings. The van der Waals surface area contributed by atoms with Gasteiger partial charge < -0.3 is 30.2 Å². The molecule has 0 saturated carbocycles. The van der Waals surface area contributed by atoms with Gasteiger partial charge in [-0.3, -0.25) is 14.4 Å². The normalized spacial score (nSPS) is 10.1. The van der Waals surface area contributed by atoms with Gasteiger partial charge in [0.1, 0.15) is 53.7 Å². The summed E-state index contributed by atoms with van der Waals surface area (Å²) in [5.41, 5.74) is 3.94. The number of carbonyl (C=O) groups is 3. The summed E-state index contributed by atoms with van der Waals surface area (Å²) >= 11 is 0. The minimum absolute atomic E-state index is 0.0589. The molecule has 362 valence electrons. The first-order valence-electron chi connectivity index (χ1n) is 21.6. The zero-order valence-electron chi connectivity index (χ0n) is 38.5. The van der Waals surface area contributed by atoms with E-state index >= 15 is 0 Å². The van der Waals surface area contributed by atoms with Crippen LogP contribution in [0.2, 0.25) is 0 Å². The van der Waals surface area contributed by atoms with E-state index in [0.29, 0.717) is 39.8 Å². The molecule has 0 spiro atoms. The highest BCUT2D eigenvalue weighted by molar-refractivity contribution is 6.06. The lowest BCUT2D eigenvalue weighted by atomic mass is 10.1. The molecule has 0 aliphatic rings. The van der Waals surface area contributed by atoms with Crippen LogP contribution in [-0.4, -0.2) is 47.6 Å². The number of halogens is 3.